The molecule has 0 aliphatic rings. The number of rotatable bonds is 10. The van der Waals surface area contributed by atoms with Gasteiger partial charge in [-0.2, -0.15) is 0 Å². The highest BCUT2D eigenvalue weighted by atomic mass is 28.4. The van der Waals surface area contributed by atoms with Crippen LogP contribution in [0.1, 0.15) is 34.6 Å². The van der Waals surface area contributed by atoms with Crippen molar-refractivity contribution in [2.45, 2.75) is 40.7 Å². The van der Waals surface area contributed by atoms with Crippen LogP contribution in [0.4, 0.5) is 0 Å². The van der Waals surface area contributed by atoms with E-state index in [0.29, 0.717) is 25.9 Å². The number of hydrogen-bond acceptors (Lipinski definition) is 5. The summed E-state index contributed by atoms with van der Waals surface area (Å²) in [6.07, 6.45) is 1.97. The van der Waals surface area contributed by atoms with Crippen LogP contribution in [0, 0.1) is 5.92 Å². The Balaban J connectivity index is 4.91. The summed E-state index contributed by atoms with van der Waals surface area (Å²) < 4.78 is 22.0. The van der Waals surface area contributed by atoms with Crippen molar-refractivity contribution in [3.63, 3.8) is 0 Å². The van der Waals surface area contributed by atoms with E-state index < -0.39 is 8.80 Å². The van der Waals surface area contributed by atoms with E-state index in [-0.39, 0.29) is 11.9 Å². The Kier molecular flexibility index (Phi) is 9.74. The molecule has 0 amide bonds. The molecule has 0 N–H and O–H groups in total. The van der Waals surface area contributed by atoms with E-state index >= 15 is 0 Å². The van der Waals surface area contributed by atoms with Crippen LogP contribution in [0.3, 0.4) is 0 Å². The second kappa shape index (κ2) is 10.1. The van der Waals surface area contributed by atoms with Crippen LogP contribution in [-0.4, -0.2) is 41.7 Å². The Morgan fingerprint density at radius 2 is 1.55 bits per heavy atom. The Morgan fingerprint density at radius 1 is 1.10 bits per heavy atom. The molecule has 0 aromatic carbocycles. The largest absolute Gasteiger partial charge is 0.504 e. The summed E-state index contributed by atoms with van der Waals surface area (Å²) in [6.45, 7) is 11.1. The SMILES string of the molecule is CCO[Si](C/C=C(\C)C(C)C(=O)OC)(OCC)OCC. The molecule has 118 valence electrons. The zero-order valence-corrected chi connectivity index (χ0v) is 14.5. The van der Waals surface area contributed by atoms with Gasteiger partial charge in [-0.05, 0) is 34.6 Å². The molecule has 0 aliphatic heterocycles. The molecule has 0 aromatic heterocycles. The van der Waals surface area contributed by atoms with Crippen molar-refractivity contribution in [1.82, 2.24) is 0 Å². The summed E-state index contributed by atoms with van der Waals surface area (Å²) >= 11 is 0. The molecular formula is C14H28O5Si. The molecule has 0 aliphatic carbocycles. The number of carbonyl (C=O) groups is 1. The van der Waals surface area contributed by atoms with Gasteiger partial charge < -0.3 is 18.0 Å². The fraction of sp³-hybridized carbons (Fsp3) is 0.786. The highest BCUT2D eigenvalue weighted by Crippen LogP contribution is 2.20. The molecule has 1 atom stereocenters. The predicted octanol–water partition coefficient (Wildman–Crippen LogP) is 2.79. The summed E-state index contributed by atoms with van der Waals surface area (Å²) in [7, 11) is -1.28. The zero-order valence-electron chi connectivity index (χ0n) is 13.5. The molecule has 6 heteroatoms. The number of esters is 1. The molecule has 0 bridgehead atoms. The average Bonchev–Trinajstić information content (AvgIpc) is 2.44. The minimum atomic E-state index is -2.68. The second-order valence-corrected chi connectivity index (χ2v) is 7.02. The maximum atomic E-state index is 11.5. The van der Waals surface area contributed by atoms with Crippen molar-refractivity contribution in [3.05, 3.63) is 11.6 Å². The van der Waals surface area contributed by atoms with Crippen molar-refractivity contribution in [2.24, 2.45) is 5.92 Å². The average molecular weight is 304 g/mol. The summed E-state index contributed by atoms with van der Waals surface area (Å²) in [5.74, 6) is -0.508. The van der Waals surface area contributed by atoms with Gasteiger partial charge in [-0.3, -0.25) is 4.79 Å². The van der Waals surface area contributed by atoms with Crippen LogP contribution in [0.5, 0.6) is 0 Å². The molecule has 0 saturated carbocycles. The van der Waals surface area contributed by atoms with Gasteiger partial charge in [-0.25, -0.2) is 0 Å². The first-order valence-electron chi connectivity index (χ1n) is 7.12. The number of carbonyl (C=O) groups excluding carboxylic acids is 1. The molecule has 1 unspecified atom stereocenters. The Labute approximate surface area is 123 Å². The van der Waals surface area contributed by atoms with E-state index in [1.165, 1.54) is 7.11 Å². The van der Waals surface area contributed by atoms with Crippen LogP contribution in [0.15, 0.2) is 11.6 Å². The Morgan fingerprint density at radius 3 is 1.90 bits per heavy atom. The lowest BCUT2D eigenvalue weighted by Gasteiger charge is -2.27. The summed E-state index contributed by atoms with van der Waals surface area (Å²) in [4.78, 5) is 11.5. The van der Waals surface area contributed by atoms with Gasteiger partial charge in [0.25, 0.3) is 0 Å². The molecule has 0 radical (unpaired) electrons. The van der Waals surface area contributed by atoms with E-state index in [2.05, 4.69) is 0 Å². The van der Waals surface area contributed by atoms with Crippen molar-refractivity contribution in [1.29, 1.82) is 0 Å². The van der Waals surface area contributed by atoms with Gasteiger partial charge in [-0.15, -0.1) is 0 Å². The summed E-state index contributed by atoms with van der Waals surface area (Å²) in [6, 6.07) is 0.565. The lowest BCUT2D eigenvalue weighted by atomic mass is 10.0. The van der Waals surface area contributed by atoms with E-state index in [4.69, 9.17) is 18.0 Å². The fourth-order valence-electron chi connectivity index (χ4n) is 1.79. The summed E-state index contributed by atoms with van der Waals surface area (Å²) in [5.41, 5.74) is 0.938. The Bertz CT molecular complexity index is 300. The van der Waals surface area contributed by atoms with Crippen LogP contribution in [-0.2, 0) is 22.8 Å². The molecule has 0 saturated heterocycles. The zero-order chi connectivity index (χ0) is 15.6. The quantitative estimate of drug-likeness (QED) is 0.353. The van der Waals surface area contributed by atoms with Crippen LogP contribution >= 0.6 is 0 Å². The standard InChI is InChI=1S/C14H28O5Si/c1-7-17-20(18-8-2,19-9-3)11-10-12(4)13(5)14(15)16-6/h10,13H,7-9,11H2,1-6H3/b12-10+. The van der Waals surface area contributed by atoms with E-state index in [1.807, 2.05) is 40.7 Å². The first-order chi connectivity index (χ1) is 9.46. The first-order valence-corrected chi connectivity index (χ1v) is 9.05. The van der Waals surface area contributed by atoms with Crippen LogP contribution < -0.4 is 0 Å². The molecule has 5 nitrogen and oxygen atoms in total. The van der Waals surface area contributed by atoms with Gasteiger partial charge in [0.15, 0.2) is 0 Å². The van der Waals surface area contributed by atoms with E-state index in [9.17, 15) is 4.79 Å². The maximum absolute atomic E-state index is 11.5. The van der Waals surface area contributed by atoms with Crippen molar-refractivity contribution in [2.75, 3.05) is 26.9 Å². The van der Waals surface area contributed by atoms with E-state index in [0.717, 1.165) is 5.57 Å². The monoisotopic (exact) mass is 304 g/mol. The molecule has 20 heavy (non-hydrogen) atoms. The molecule has 0 fully saturated rings. The number of methoxy groups -OCH3 is 1. The van der Waals surface area contributed by atoms with Crippen molar-refractivity contribution >= 4 is 14.8 Å². The third-order valence-corrected chi connectivity index (χ3v) is 5.89. The Hall–Kier alpha value is -0.693. The number of hydrogen-bond donors (Lipinski definition) is 0. The maximum Gasteiger partial charge on any atom is 0.504 e. The van der Waals surface area contributed by atoms with Gasteiger partial charge in [0.1, 0.15) is 0 Å². The highest BCUT2D eigenvalue weighted by molar-refractivity contribution is 6.61. The fourth-order valence-corrected chi connectivity index (χ4v) is 4.28. The molecule has 0 aromatic rings. The first kappa shape index (κ1) is 19.3. The van der Waals surface area contributed by atoms with Gasteiger partial charge in [0.2, 0.25) is 0 Å². The van der Waals surface area contributed by atoms with Gasteiger partial charge in [-0.1, -0.05) is 11.6 Å². The normalized spacial score (nSPS) is 14.2. The smallest absolute Gasteiger partial charge is 0.469 e. The predicted molar refractivity (Wildman–Crippen MR) is 80.4 cm³/mol. The number of ether oxygens (including phenoxy) is 1. The molecular weight excluding hydrogens is 276 g/mol. The minimum absolute atomic E-state index is 0.241. The van der Waals surface area contributed by atoms with Gasteiger partial charge >= 0.3 is 14.8 Å². The molecule has 0 spiro atoms. The van der Waals surface area contributed by atoms with Crippen LogP contribution in [0.25, 0.3) is 0 Å². The summed E-state index contributed by atoms with van der Waals surface area (Å²) in [5, 5.41) is 0. The number of allylic oxidation sites excluding steroid dienone is 1. The van der Waals surface area contributed by atoms with Crippen molar-refractivity contribution in [3.8, 4) is 0 Å². The lowest BCUT2D eigenvalue weighted by Crippen LogP contribution is -2.45. The van der Waals surface area contributed by atoms with Gasteiger partial charge in [0, 0.05) is 25.9 Å². The molecule has 0 heterocycles. The topological polar surface area (TPSA) is 54.0 Å². The minimum Gasteiger partial charge on any atom is -0.469 e. The molecule has 0 rings (SSSR count). The third kappa shape index (κ3) is 6.17. The third-order valence-electron chi connectivity index (χ3n) is 3.00. The van der Waals surface area contributed by atoms with Gasteiger partial charge in [0.05, 0.1) is 13.0 Å². The van der Waals surface area contributed by atoms with Crippen LogP contribution in [0.2, 0.25) is 6.04 Å². The lowest BCUT2D eigenvalue weighted by molar-refractivity contribution is -0.143. The van der Waals surface area contributed by atoms with E-state index in [1.54, 1.807) is 0 Å². The van der Waals surface area contributed by atoms with Crippen molar-refractivity contribution < 1.29 is 22.8 Å². The second-order valence-electron chi connectivity index (χ2n) is 4.38. The highest BCUT2D eigenvalue weighted by Gasteiger charge is 2.39.